The number of Topliss-reactive ketones (excluding diaryl/α,β-unsaturated/α-hetero) is 1. The van der Waals surface area contributed by atoms with Gasteiger partial charge < -0.3 is 4.74 Å². The predicted octanol–water partition coefficient (Wildman–Crippen LogP) is 2.75. The van der Waals surface area contributed by atoms with E-state index in [9.17, 15) is 4.79 Å². The Hall–Kier alpha value is -1.31. The van der Waals surface area contributed by atoms with Gasteiger partial charge in [-0.2, -0.15) is 0 Å². The molecule has 16 heavy (non-hydrogen) atoms. The molecule has 1 aliphatic heterocycles. The van der Waals surface area contributed by atoms with E-state index in [0.29, 0.717) is 12.3 Å². The van der Waals surface area contributed by atoms with Crippen LogP contribution in [0.1, 0.15) is 31.2 Å². The van der Waals surface area contributed by atoms with Crippen LogP contribution in [-0.4, -0.2) is 11.9 Å². The Labute approximate surface area is 95.6 Å². The minimum Gasteiger partial charge on any atom is -0.482 e. The lowest BCUT2D eigenvalue weighted by Crippen LogP contribution is -2.38. The number of rotatable bonds is 1. The monoisotopic (exact) mass is 216 g/mol. The topological polar surface area (TPSA) is 26.3 Å². The molecule has 0 amide bonds. The van der Waals surface area contributed by atoms with Gasteiger partial charge in [-0.3, -0.25) is 4.79 Å². The number of hydrogen-bond acceptors (Lipinski definition) is 2. The highest BCUT2D eigenvalue weighted by molar-refractivity contribution is 5.88. The number of benzene rings is 1. The molecule has 1 heterocycles. The molecule has 0 spiro atoms. The Balaban J connectivity index is 1.86. The summed E-state index contributed by atoms with van der Waals surface area (Å²) in [4.78, 5) is 12.0. The van der Waals surface area contributed by atoms with Gasteiger partial charge in [0, 0.05) is 17.9 Å². The third-order valence-corrected chi connectivity index (χ3v) is 3.74. The van der Waals surface area contributed by atoms with E-state index >= 15 is 0 Å². The third kappa shape index (κ3) is 1.62. The van der Waals surface area contributed by atoms with Crippen molar-refractivity contribution in [1.82, 2.24) is 0 Å². The first-order valence-corrected chi connectivity index (χ1v) is 6.12. The van der Waals surface area contributed by atoms with Crippen molar-refractivity contribution >= 4 is 5.78 Å². The molecule has 1 aromatic rings. The van der Waals surface area contributed by atoms with E-state index in [0.717, 1.165) is 24.2 Å². The van der Waals surface area contributed by atoms with Crippen LogP contribution in [0.4, 0.5) is 0 Å². The van der Waals surface area contributed by atoms with E-state index in [4.69, 9.17) is 4.74 Å². The van der Waals surface area contributed by atoms with Crippen molar-refractivity contribution in [2.24, 2.45) is 5.92 Å². The van der Waals surface area contributed by atoms with E-state index in [1.807, 2.05) is 24.3 Å². The summed E-state index contributed by atoms with van der Waals surface area (Å²) in [5, 5.41) is 0. The number of carbonyl (C=O) groups excluding carboxylic acids is 1. The summed E-state index contributed by atoms with van der Waals surface area (Å²) in [7, 11) is 0. The molecular weight excluding hydrogens is 200 g/mol. The summed E-state index contributed by atoms with van der Waals surface area (Å²) in [5.41, 5.74) is 1.04. The second kappa shape index (κ2) is 3.93. The first kappa shape index (κ1) is 9.88. The molecule has 1 fully saturated rings. The minimum absolute atomic E-state index is 0.169. The van der Waals surface area contributed by atoms with Gasteiger partial charge in [-0.1, -0.05) is 31.0 Å². The summed E-state index contributed by atoms with van der Waals surface area (Å²) >= 11 is 0. The lowest BCUT2D eigenvalue weighted by Gasteiger charge is -2.28. The number of para-hydroxylation sites is 1. The van der Waals surface area contributed by atoms with Crippen molar-refractivity contribution in [1.29, 1.82) is 0 Å². The number of hydrogen-bond donors (Lipinski definition) is 0. The van der Waals surface area contributed by atoms with Gasteiger partial charge >= 0.3 is 0 Å². The maximum Gasteiger partial charge on any atom is 0.178 e. The van der Waals surface area contributed by atoms with Gasteiger partial charge in [0.05, 0.1) is 0 Å². The predicted molar refractivity (Wildman–Crippen MR) is 61.5 cm³/mol. The van der Waals surface area contributed by atoms with Crippen molar-refractivity contribution in [3.8, 4) is 5.75 Å². The standard InChI is InChI=1S/C14H16O2/c15-12-9-11-7-3-4-8-13(11)16-14(12)10-5-1-2-6-10/h3-4,7-8,10,14H,1-2,5-6,9H2. The Bertz CT molecular complexity index is 405. The summed E-state index contributed by atoms with van der Waals surface area (Å²) in [6.45, 7) is 0. The number of ether oxygens (including phenoxy) is 1. The van der Waals surface area contributed by atoms with Crippen LogP contribution in [-0.2, 0) is 11.2 Å². The summed E-state index contributed by atoms with van der Waals surface area (Å²) in [6, 6.07) is 7.90. The van der Waals surface area contributed by atoms with Gasteiger partial charge in [-0.15, -0.1) is 0 Å². The zero-order valence-electron chi connectivity index (χ0n) is 9.32. The average Bonchev–Trinajstić information content (AvgIpc) is 2.81. The SMILES string of the molecule is O=C1Cc2ccccc2OC1C1CCCC1. The fraction of sp³-hybridized carbons (Fsp3) is 0.500. The van der Waals surface area contributed by atoms with Gasteiger partial charge in [0.25, 0.3) is 0 Å². The molecular formula is C14H16O2. The van der Waals surface area contributed by atoms with E-state index in [1.165, 1.54) is 12.8 Å². The highest BCUT2D eigenvalue weighted by atomic mass is 16.5. The lowest BCUT2D eigenvalue weighted by atomic mass is 9.91. The molecule has 0 aromatic heterocycles. The maximum absolute atomic E-state index is 12.0. The molecule has 84 valence electrons. The highest BCUT2D eigenvalue weighted by Gasteiger charge is 2.35. The van der Waals surface area contributed by atoms with E-state index in [1.54, 1.807) is 0 Å². The zero-order valence-corrected chi connectivity index (χ0v) is 9.32. The molecule has 0 N–H and O–H groups in total. The molecule has 1 aromatic carbocycles. The first-order valence-electron chi connectivity index (χ1n) is 6.12. The van der Waals surface area contributed by atoms with Crippen molar-refractivity contribution in [3.63, 3.8) is 0 Å². The normalized spacial score (nSPS) is 25.2. The second-order valence-electron chi connectivity index (χ2n) is 4.83. The molecule has 3 rings (SSSR count). The van der Waals surface area contributed by atoms with Crippen LogP contribution in [0.5, 0.6) is 5.75 Å². The maximum atomic E-state index is 12.0. The van der Waals surface area contributed by atoms with Gasteiger partial charge in [0.15, 0.2) is 11.9 Å². The van der Waals surface area contributed by atoms with Gasteiger partial charge in [0.1, 0.15) is 5.75 Å². The first-order chi connectivity index (χ1) is 7.84. The van der Waals surface area contributed by atoms with Crippen molar-refractivity contribution in [2.45, 2.75) is 38.2 Å². The quantitative estimate of drug-likeness (QED) is 0.721. The molecule has 2 aliphatic rings. The van der Waals surface area contributed by atoms with Gasteiger partial charge in [0.2, 0.25) is 0 Å². The van der Waals surface area contributed by atoms with Crippen molar-refractivity contribution in [2.75, 3.05) is 0 Å². The van der Waals surface area contributed by atoms with E-state index in [2.05, 4.69) is 0 Å². The molecule has 1 atom stereocenters. The molecule has 2 nitrogen and oxygen atoms in total. The Morgan fingerprint density at radius 3 is 2.69 bits per heavy atom. The molecule has 0 saturated heterocycles. The fourth-order valence-electron chi connectivity index (χ4n) is 2.87. The summed E-state index contributed by atoms with van der Waals surface area (Å²) in [6.07, 6.45) is 5.19. The Morgan fingerprint density at radius 2 is 1.88 bits per heavy atom. The molecule has 1 saturated carbocycles. The number of fused-ring (bicyclic) bond motifs is 1. The van der Waals surface area contributed by atoms with Crippen LogP contribution in [0, 0.1) is 5.92 Å². The van der Waals surface area contributed by atoms with E-state index in [-0.39, 0.29) is 11.9 Å². The van der Waals surface area contributed by atoms with Gasteiger partial charge in [-0.05, 0) is 18.9 Å². The number of carbonyl (C=O) groups is 1. The smallest absolute Gasteiger partial charge is 0.178 e. The summed E-state index contributed by atoms with van der Waals surface area (Å²) < 4.78 is 5.88. The largest absolute Gasteiger partial charge is 0.482 e. The lowest BCUT2D eigenvalue weighted by molar-refractivity contribution is -0.128. The van der Waals surface area contributed by atoms with Crippen molar-refractivity contribution in [3.05, 3.63) is 29.8 Å². The molecule has 0 radical (unpaired) electrons. The van der Waals surface area contributed by atoms with Crippen LogP contribution in [0.25, 0.3) is 0 Å². The van der Waals surface area contributed by atoms with Crippen LogP contribution < -0.4 is 4.74 Å². The van der Waals surface area contributed by atoms with Crippen molar-refractivity contribution < 1.29 is 9.53 Å². The van der Waals surface area contributed by atoms with Crippen LogP contribution in [0.2, 0.25) is 0 Å². The van der Waals surface area contributed by atoms with E-state index < -0.39 is 0 Å². The molecule has 1 unspecified atom stereocenters. The van der Waals surface area contributed by atoms with Crippen LogP contribution in [0.15, 0.2) is 24.3 Å². The minimum atomic E-state index is -0.169. The average molecular weight is 216 g/mol. The molecule has 1 aliphatic carbocycles. The Kier molecular flexibility index (Phi) is 2.43. The summed E-state index contributed by atoms with van der Waals surface area (Å²) in [5.74, 6) is 1.64. The highest BCUT2D eigenvalue weighted by Crippen LogP contribution is 2.35. The zero-order chi connectivity index (χ0) is 11.0. The molecule has 0 bridgehead atoms. The number of ketones is 1. The third-order valence-electron chi connectivity index (χ3n) is 3.74. The van der Waals surface area contributed by atoms with Crippen LogP contribution >= 0.6 is 0 Å². The van der Waals surface area contributed by atoms with Gasteiger partial charge in [-0.25, -0.2) is 0 Å². The second-order valence-corrected chi connectivity index (χ2v) is 4.83. The van der Waals surface area contributed by atoms with Crippen LogP contribution in [0.3, 0.4) is 0 Å². The fourth-order valence-corrected chi connectivity index (χ4v) is 2.87. The Morgan fingerprint density at radius 1 is 1.12 bits per heavy atom. The molecule has 2 heteroatoms.